The van der Waals surface area contributed by atoms with Crippen molar-refractivity contribution < 1.29 is 9.59 Å². The van der Waals surface area contributed by atoms with Crippen LogP contribution >= 0.6 is 11.6 Å². The molecule has 27 heavy (non-hydrogen) atoms. The molecule has 0 radical (unpaired) electrons. The summed E-state index contributed by atoms with van der Waals surface area (Å²) in [7, 11) is 1.75. The zero-order chi connectivity index (χ0) is 19.1. The summed E-state index contributed by atoms with van der Waals surface area (Å²) < 4.78 is 0. The Balaban J connectivity index is 1.63. The number of carbonyl (C=O) groups excluding carboxylic acids is 2. The van der Waals surface area contributed by atoms with E-state index in [-0.39, 0.29) is 30.9 Å². The SMILES string of the molecule is C/C(Cl)=C\CN1C(=O)C2C(NC3N(c4ccccc4)CCCN23)N(C)C1=O. The van der Waals surface area contributed by atoms with Gasteiger partial charge in [0, 0.05) is 37.4 Å². The number of imide groups is 1. The maximum absolute atomic E-state index is 13.2. The lowest BCUT2D eigenvalue weighted by molar-refractivity contribution is -0.138. The molecular formula is C19H24ClN5O2. The van der Waals surface area contributed by atoms with Gasteiger partial charge in [-0.25, -0.2) is 4.79 Å². The smallest absolute Gasteiger partial charge is 0.328 e. The number of hydrogen-bond donors (Lipinski definition) is 1. The summed E-state index contributed by atoms with van der Waals surface area (Å²) in [6, 6.07) is 9.48. The van der Waals surface area contributed by atoms with Gasteiger partial charge >= 0.3 is 6.03 Å². The molecule has 3 heterocycles. The second-order valence-electron chi connectivity index (χ2n) is 7.18. The van der Waals surface area contributed by atoms with E-state index in [9.17, 15) is 9.59 Å². The first-order valence-corrected chi connectivity index (χ1v) is 9.61. The van der Waals surface area contributed by atoms with Crippen LogP contribution < -0.4 is 10.2 Å². The molecule has 3 unspecified atom stereocenters. The summed E-state index contributed by atoms with van der Waals surface area (Å²) in [6.07, 6.45) is 2.21. The van der Waals surface area contributed by atoms with Gasteiger partial charge in [0.25, 0.3) is 5.91 Å². The topological polar surface area (TPSA) is 59.1 Å². The number of hydrogen-bond acceptors (Lipinski definition) is 5. The molecule has 0 aliphatic carbocycles. The number of anilines is 1. The Hall–Kier alpha value is -2.09. The van der Waals surface area contributed by atoms with Crippen molar-refractivity contribution in [1.82, 2.24) is 20.0 Å². The van der Waals surface area contributed by atoms with E-state index in [0.717, 1.165) is 25.2 Å². The molecule has 3 atom stereocenters. The molecule has 0 bridgehead atoms. The number of carbonyl (C=O) groups is 2. The molecule has 8 heteroatoms. The van der Waals surface area contributed by atoms with Crippen LogP contribution in [0.5, 0.6) is 0 Å². The third-order valence-electron chi connectivity index (χ3n) is 5.51. The Bertz CT molecular complexity index is 767. The van der Waals surface area contributed by atoms with Crippen molar-refractivity contribution in [1.29, 1.82) is 0 Å². The number of nitrogens with zero attached hydrogens (tertiary/aromatic N) is 4. The van der Waals surface area contributed by atoms with E-state index in [4.69, 9.17) is 11.6 Å². The largest absolute Gasteiger partial charge is 0.343 e. The molecule has 0 saturated carbocycles. The van der Waals surface area contributed by atoms with Crippen molar-refractivity contribution in [2.75, 3.05) is 31.6 Å². The summed E-state index contributed by atoms with van der Waals surface area (Å²) in [5.41, 5.74) is 1.11. The minimum atomic E-state index is -0.395. The van der Waals surface area contributed by atoms with E-state index >= 15 is 0 Å². The number of urea groups is 1. The summed E-state index contributed by atoms with van der Waals surface area (Å²) in [4.78, 5) is 33.3. The minimum Gasteiger partial charge on any atom is -0.343 e. The number of fused-ring (bicyclic) bond motifs is 3. The third kappa shape index (κ3) is 3.09. The number of allylic oxidation sites excluding steroid dienone is 1. The molecule has 0 aromatic heterocycles. The predicted molar refractivity (Wildman–Crippen MR) is 104 cm³/mol. The highest BCUT2D eigenvalue weighted by Crippen LogP contribution is 2.32. The first kappa shape index (κ1) is 18.3. The third-order valence-corrected chi connectivity index (χ3v) is 5.67. The maximum atomic E-state index is 13.2. The van der Waals surface area contributed by atoms with E-state index in [0.29, 0.717) is 5.03 Å². The molecule has 3 aliphatic rings. The number of nitrogens with one attached hydrogen (secondary N) is 1. The van der Waals surface area contributed by atoms with Gasteiger partial charge in [0.1, 0.15) is 18.5 Å². The predicted octanol–water partition coefficient (Wildman–Crippen LogP) is 1.82. The molecule has 3 fully saturated rings. The van der Waals surface area contributed by atoms with Gasteiger partial charge in [-0.15, -0.1) is 0 Å². The first-order valence-electron chi connectivity index (χ1n) is 9.23. The number of likely N-dealkylation sites (N-methyl/N-ethyl adjacent to an activating group) is 1. The normalized spacial score (nSPS) is 29.2. The van der Waals surface area contributed by atoms with Gasteiger partial charge in [-0.1, -0.05) is 35.9 Å². The maximum Gasteiger partial charge on any atom is 0.328 e. The number of amides is 3. The summed E-state index contributed by atoms with van der Waals surface area (Å²) in [5.74, 6) is -0.165. The van der Waals surface area contributed by atoms with Crippen molar-refractivity contribution in [2.45, 2.75) is 31.8 Å². The Morgan fingerprint density at radius 3 is 2.70 bits per heavy atom. The second kappa shape index (κ2) is 7.14. The van der Waals surface area contributed by atoms with Gasteiger partial charge in [0.2, 0.25) is 0 Å². The van der Waals surface area contributed by atoms with E-state index < -0.39 is 6.04 Å². The van der Waals surface area contributed by atoms with Crippen LogP contribution in [-0.4, -0.2) is 71.8 Å². The zero-order valence-corrected chi connectivity index (χ0v) is 16.3. The Morgan fingerprint density at radius 2 is 2.00 bits per heavy atom. The fourth-order valence-electron chi connectivity index (χ4n) is 4.19. The number of halogens is 1. The van der Waals surface area contributed by atoms with Crippen LogP contribution in [0, 0.1) is 0 Å². The van der Waals surface area contributed by atoms with E-state index in [2.05, 4.69) is 27.2 Å². The van der Waals surface area contributed by atoms with Crippen molar-refractivity contribution in [3.05, 3.63) is 41.4 Å². The molecular weight excluding hydrogens is 366 g/mol. The van der Waals surface area contributed by atoms with Crippen LogP contribution in [-0.2, 0) is 4.79 Å². The minimum absolute atomic E-state index is 0.111. The van der Waals surface area contributed by atoms with Crippen LogP contribution in [0.25, 0.3) is 0 Å². The Kier molecular flexibility index (Phi) is 4.84. The van der Waals surface area contributed by atoms with Crippen molar-refractivity contribution >= 4 is 29.2 Å². The van der Waals surface area contributed by atoms with Crippen LogP contribution in [0.3, 0.4) is 0 Å². The quantitative estimate of drug-likeness (QED) is 0.854. The molecule has 3 amide bonds. The first-order chi connectivity index (χ1) is 13.0. The lowest BCUT2D eigenvalue weighted by Crippen LogP contribution is -2.66. The highest BCUT2D eigenvalue weighted by molar-refractivity contribution is 6.29. The van der Waals surface area contributed by atoms with E-state index in [1.807, 2.05) is 18.2 Å². The van der Waals surface area contributed by atoms with Crippen LogP contribution in [0.2, 0.25) is 0 Å². The standard InChI is InChI=1S/C19H24ClN5O2/c1-13(20)9-12-25-17(26)15-16(22(2)19(25)27)21-18-23(10-6-11-24(15)18)14-7-4-3-5-8-14/h3-5,7-9,15-16,18,21H,6,10-12H2,1-2H3/b13-9+. The van der Waals surface area contributed by atoms with Gasteiger partial charge in [-0.05, 0) is 25.5 Å². The van der Waals surface area contributed by atoms with Crippen molar-refractivity contribution in [2.24, 2.45) is 0 Å². The van der Waals surface area contributed by atoms with Gasteiger partial charge in [0.05, 0.1) is 0 Å². The molecule has 4 rings (SSSR count). The molecule has 1 aromatic rings. The molecule has 7 nitrogen and oxygen atoms in total. The molecule has 1 aromatic carbocycles. The second-order valence-corrected chi connectivity index (χ2v) is 7.78. The molecule has 1 N–H and O–H groups in total. The van der Waals surface area contributed by atoms with Crippen LogP contribution in [0.15, 0.2) is 41.4 Å². The molecule has 3 aliphatic heterocycles. The summed E-state index contributed by atoms with van der Waals surface area (Å²) in [6.45, 7) is 3.65. The lowest BCUT2D eigenvalue weighted by atomic mass is 10.1. The Labute approximate surface area is 164 Å². The lowest BCUT2D eigenvalue weighted by Gasteiger charge is -2.43. The van der Waals surface area contributed by atoms with Crippen LogP contribution in [0.4, 0.5) is 10.5 Å². The number of rotatable bonds is 3. The number of para-hydroxylation sites is 1. The summed E-state index contributed by atoms with van der Waals surface area (Å²) >= 11 is 5.91. The van der Waals surface area contributed by atoms with Gasteiger partial charge < -0.3 is 9.80 Å². The molecule has 3 saturated heterocycles. The summed E-state index contributed by atoms with van der Waals surface area (Å²) in [5, 5.41) is 4.07. The van der Waals surface area contributed by atoms with Crippen LogP contribution in [0.1, 0.15) is 13.3 Å². The van der Waals surface area contributed by atoms with Gasteiger partial charge in [-0.2, -0.15) is 0 Å². The Morgan fingerprint density at radius 1 is 1.26 bits per heavy atom. The van der Waals surface area contributed by atoms with E-state index in [1.165, 1.54) is 4.90 Å². The van der Waals surface area contributed by atoms with E-state index in [1.54, 1.807) is 24.9 Å². The number of benzene rings is 1. The molecule has 0 spiro atoms. The van der Waals surface area contributed by atoms with Gasteiger partial charge in [0.15, 0.2) is 0 Å². The fourth-order valence-corrected chi connectivity index (χ4v) is 4.26. The average Bonchev–Trinajstić information content (AvgIpc) is 3.06. The monoisotopic (exact) mass is 389 g/mol. The highest BCUT2D eigenvalue weighted by atomic mass is 35.5. The highest BCUT2D eigenvalue weighted by Gasteiger charge is 2.55. The van der Waals surface area contributed by atoms with Gasteiger partial charge in [-0.3, -0.25) is 19.9 Å². The fraction of sp³-hybridized carbons (Fsp3) is 0.474. The van der Waals surface area contributed by atoms with Crippen molar-refractivity contribution in [3.63, 3.8) is 0 Å². The average molecular weight is 390 g/mol. The zero-order valence-electron chi connectivity index (χ0n) is 15.5. The molecule has 144 valence electrons. The van der Waals surface area contributed by atoms with Crippen molar-refractivity contribution in [3.8, 4) is 0 Å².